The standard InChI is InChI=1S/C22H21N3O4S/c1-15-10-16(2)22(17(3)11-15)30(26,27)25-24-13-20-8-9-21(29-20)14-28-19-6-4-18(12-23)5-7-19/h4-11,13,25H,14H2,1-3H3/b24-13-. The molecule has 2 aromatic carbocycles. The summed E-state index contributed by atoms with van der Waals surface area (Å²) in [5, 5.41) is 12.6. The number of hydrogen-bond donors (Lipinski definition) is 1. The second-order valence-electron chi connectivity index (χ2n) is 6.81. The summed E-state index contributed by atoms with van der Waals surface area (Å²) in [6, 6.07) is 15.8. The Bertz CT molecular complexity index is 1200. The molecule has 30 heavy (non-hydrogen) atoms. The Hall–Kier alpha value is -3.57. The first-order valence-corrected chi connectivity index (χ1v) is 10.6. The molecule has 0 aliphatic rings. The number of nitriles is 1. The van der Waals surface area contributed by atoms with E-state index in [2.05, 4.69) is 9.93 Å². The summed E-state index contributed by atoms with van der Waals surface area (Å²) in [6.07, 6.45) is 1.29. The molecule has 1 N–H and O–H groups in total. The molecule has 0 aliphatic heterocycles. The third kappa shape index (κ3) is 5.07. The Morgan fingerprint density at radius 3 is 2.40 bits per heavy atom. The lowest BCUT2D eigenvalue weighted by molar-refractivity contribution is 0.270. The van der Waals surface area contributed by atoms with Crippen LogP contribution in [0.4, 0.5) is 0 Å². The van der Waals surface area contributed by atoms with E-state index in [0.29, 0.717) is 34.0 Å². The van der Waals surface area contributed by atoms with Gasteiger partial charge in [0.2, 0.25) is 0 Å². The smallest absolute Gasteiger partial charge is 0.277 e. The monoisotopic (exact) mass is 423 g/mol. The van der Waals surface area contributed by atoms with Gasteiger partial charge in [0.25, 0.3) is 10.0 Å². The highest BCUT2D eigenvalue weighted by Crippen LogP contribution is 2.21. The zero-order chi connectivity index (χ0) is 21.7. The Kier molecular flexibility index (Phi) is 6.23. The van der Waals surface area contributed by atoms with Gasteiger partial charge in [0, 0.05) is 0 Å². The van der Waals surface area contributed by atoms with E-state index in [4.69, 9.17) is 14.4 Å². The van der Waals surface area contributed by atoms with Crippen LogP contribution in [-0.4, -0.2) is 14.6 Å². The minimum atomic E-state index is -3.79. The molecule has 1 aromatic heterocycles. The van der Waals surface area contributed by atoms with Crippen LogP contribution in [0.2, 0.25) is 0 Å². The maximum atomic E-state index is 12.6. The van der Waals surface area contributed by atoms with Gasteiger partial charge in [-0.05, 0) is 68.3 Å². The van der Waals surface area contributed by atoms with Crippen LogP contribution < -0.4 is 9.57 Å². The van der Waals surface area contributed by atoms with Crippen molar-refractivity contribution in [3.63, 3.8) is 0 Å². The fourth-order valence-corrected chi connectivity index (χ4v) is 4.37. The summed E-state index contributed by atoms with van der Waals surface area (Å²) in [5.74, 6) is 1.54. The summed E-state index contributed by atoms with van der Waals surface area (Å²) in [7, 11) is -3.79. The SMILES string of the molecule is Cc1cc(C)c(S(=O)(=O)N/N=C\c2ccc(COc3ccc(C#N)cc3)o2)c(C)c1. The number of aryl methyl sites for hydroxylation is 3. The van der Waals surface area contributed by atoms with E-state index in [0.717, 1.165) is 5.56 Å². The fourth-order valence-electron chi connectivity index (χ4n) is 3.12. The largest absolute Gasteiger partial charge is 0.486 e. The molecule has 0 saturated carbocycles. The molecule has 1 heterocycles. The Morgan fingerprint density at radius 1 is 1.10 bits per heavy atom. The van der Waals surface area contributed by atoms with E-state index in [-0.39, 0.29) is 11.5 Å². The summed E-state index contributed by atoms with van der Waals surface area (Å²) >= 11 is 0. The molecule has 0 aliphatic carbocycles. The predicted molar refractivity (Wildman–Crippen MR) is 113 cm³/mol. The molecule has 154 valence electrons. The van der Waals surface area contributed by atoms with Crippen molar-refractivity contribution in [2.45, 2.75) is 32.3 Å². The topological polar surface area (TPSA) is 105 Å². The molecule has 0 saturated heterocycles. The number of furan rings is 1. The number of nitrogens with one attached hydrogen (secondary N) is 1. The lowest BCUT2D eigenvalue weighted by atomic mass is 10.1. The van der Waals surface area contributed by atoms with Crippen molar-refractivity contribution in [2.24, 2.45) is 5.10 Å². The summed E-state index contributed by atoms with van der Waals surface area (Å²) in [6.45, 7) is 5.62. The van der Waals surface area contributed by atoms with Gasteiger partial charge < -0.3 is 9.15 Å². The number of ether oxygens (including phenoxy) is 1. The van der Waals surface area contributed by atoms with Gasteiger partial charge in [-0.2, -0.15) is 23.6 Å². The molecule has 3 aromatic rings. The molecule has 0 radical (unpaired) electrons. The third-order valence-corrected chi connectivity index (χ3v) is 5.81. The summed E-state index contributed by atoms with van der Waals surface area (Å²) in [5.41, 5.74) is 2.88. The van der Waals surface area contributed by atoms with Gasteiger partial charge in [-0.3, -0.25) is 0 Å². The van der Waals surface area contributed by atoms with Crippen molar-refractivity contribution in [3.8, 4) is 11.8 Å². The number of benzene rings is 2. The quantitative estimate of drug-likeness (QED) is 0.457. The molecule has 0 fully saturated rings. The second-order valence-corrected chi connectivity index (χ2v) is 8.41. The van der Waals surface area contributed by atoms with E-state index < -0.39 is 10.0 Å². The Morgan fingerprint density at radius 2 is 1.77 bits per heavy atom. The van der Waals surface area contributed by atoms with Gasteiger partial charge in [0.1, 0.15) is 23.9 Å². The lowest BCUT2D eigenvalue weighted by Crippen LogP contribution is -2.20. The predicted octanol–water partition coefficient (Wildman–Crippen LogP) is 3.97. The molecule has 0 unspecified atom stereocenters. The van der Waals surface area contributed by atoms with Gasteiger partial charge in [0.15, 0.2) is 0 Å². The maximum absolute atomic E-state index is 12.6. The molecule has 0 bridgehead atoms. The zero-order valence-corrected chi connectivity index (χ0v) is 17.7. The molecule has 3 rings (SSSR count). The van der Waals surface area contributed by atoms with Crippen LogP contribution in [0.15, 0.2) is 62.9 Å². The number of sulfonamides is 1. The molecular formula is C22H21N3O4S. The van der Waals surface area contributed by atoms with E-state index in [1.165, 1.54) is 6.21 Å². The van der Waals surface area contributed by atoms with Crippen LogP contribution in [-0.2, 0) is 16.6 Å². The minimum absolute atomic E-state index is 0.188. The average Bonchev–Trinajstić information content (AvgIpc) is 3.13. The third-order valence-electron chi connectivity index (χ3n) is 4.29. The average molecular weight is 423 g/mol. The first kappa shape index (κ1) is 21.1. The van der Waals surface area contributed by atoms with Crippen molar-refractivity contribution in [1.29, 1.82) is 5.26 Å². The maximum Gasteiger partial charge on any atom is 0.277 e. The van der Waals surface area contributed by atoms with Crippen LogP contribution >= 0.6 is 0 Å². The van der Waals surface area contributed by atoms with E-state index in [1.54, 1.807) is 50.2 Å². The van der Waals surface area contributed by atoms with Crippen molar-refractivity contribution in [2.75, 3.05) is 0 Å². The van der Waals surface area contributed by atoms with Crippen molar-refractivity contribution < 1.29 is 17.6 Å². The summed E-state index contributed by atoms with van der Waals surface area (Å²) in [4.78, 5) is 2.45. The molecule has 7 nitrogen and oxygen atoms in total. The van der Waals surface area contributed by atoms with Crippen LogP contribution in [0.1, 0.15) is 33.8 Å². The molecule has 8 heteroatoms. The normalized spacial score (nSPS) is 11.4. The number of rotatable bonds is 7. The van der Waals surface area contributed by atoms with E-state index in [1.807, 2.05) is 25.1 Å². The minimum Gasteiger partial charge on any atom is -0.486 e. The first-order chi connectivity index (χ1) is 14.3. The van der Waals surface area contributed by atoms with Crippen LogP contribution in [0.5, 0.6) is 5.75 Å². The lowest BCUT2D eigenvalue weighted by Gasteiger charge is -2.11. The second kappa shape index (κ2) is 8.84. The van der Waals surface area contributed by atoms with Gasteiger partial charge in [0.05, 0.1) is 22.7 Å². The van der Waals surface area contributed by atoms with Crippen LogP contribution in [0, 0.1) is 32.1 Å². The molecule has 0 amide bonds. The van der Waals surface area contributed by atoms with Crippen molar-refractivity contribution in [3.05, 3.63) is 82.3 Å². The highest BCUT2D eigenvalue weighted by atomic mass is 32.2. The number of nitrogens with zero attached hydrogens (tertiary/aromatic N) is 2. The number of hydrazone groups is 1. The molecule has 0 atom stereocenters. The molecular weight excluding hydrogens is 402 g/mol. The molecule has 0 spiro atoms. The van der Waals surface area contributed by atoms with Crippen molar-refractivity contribution in [1.82, 2.24) is 4.83 Å². The van der Waals surface area contributed by atoms with E-state index in [9.17, 15) is 8.42 Å². The highest BCUT2D eigenvalue weighted by Gasteiger charge is 2.19. The van der Waals surface area contributed by atoms with Crippen LogP contribution in [0.3, 0.4) is 0 Å². The number of hydrogen-bond acceptors (Lipinski definition) is 6. The van der Waals surface area contributed by atoms with Crippen LogP contribution in [0.25, 0.3) is 0 Å². The van der Waals surface area contributed by atoms with Gasteiger partial charge >= 0.3 is 0 Å². The Labute approximate surface area is 175 Å². The van der Waals surface area contributed by atoms with Crippen molar-refractivity contribution >= 4 is 16.2 Å². The van der Waals surface area contributed by atoms with Gasteiger partial charge in [-0.1, -0.05) is 17.7 Å². The fraction of sp³-hybridized carbons (Fsp3) is 0.182. The Balaban J connectivity index is 1.62. The van der Waals surface area contributed by atoms with Gasteiger partial charge in [-0.25, -0.2) is 0 Å². The first-order valence-electron chi connectivity index (χ1n) is 9.13. The zero-order valence-electron chi connectivity index (χ0n) is 16.8. The van der Waals surface area contributed by atoms with Gasteiger partial charge in [-0.15, -0.1) is 0 Å². The highest BCUT2D eigenvalue weighted by molar-refractivity contribution is 7.89. The summed E-state index contributed by atoms with van der Waals surface area (Å²) < 4.78 is 36.4. The van der Waals surface area contributed by atoms with E-state index >= 15 is 0 Å².